The molecule has 0 aliphatic carbocycles. The zero-order chi connectivity index (χ0) is 23.6. The zero-order valence-corrected chi connectivity index (χ0v) is 21.6. The number of ether oxygens (including phenoxy) is 1. The van der Waals surface area contributed by atoms with Crippen LogP contribution in [0.25, 0.3) is 0 Å². The van der Waals surface area contributed by atoms with E-state index < -0.39 is 42.9 Å². The smallest absolute Gasteiger partial charge is 0.237 e. The second-order valence-corrected chi connectivity index (χ2v) is 13.2. The predicted octanol–water partition coefficient (Wildman–Crippen LogP) is 4.33. The summed E-state index contributed by atoms with van der Waals surface area (Å²) in [5, 5.41) is 0. The highest BCUT2D eigenvalue weighted by Crippen LogP contribution is 2.32. The molecule has 0 fully saturated rings. The molecule has 172 valence electrons. The van der Waals surface area contributed by atoms with Crippen LogP contribution in [0.1, 0.15) is 33.3 Å². The lowest BCUT2D eigenvalue weighted by Crippen LogP contribution is -2.52. The normalized spacial score (nSPS) is 15.2. The van der Waals surface area contributed by atoms with Gasteiger partial charge in [-0.05, 0) is 70.2 Å². The third-order valence-electron chi connectivity index (χ3n) is 4.72. The molecule has 2 aromatic carbocycles. The van der Waals surface area contributed by atoms with Crippen LogP contribution in [0.5, 0.6) is 5.75 Å². The van der Waals surface area contributed by atoms with Gasteiger partial charge in [-0.3, -0.25) is 4.31 Å². The number of halogens is 2. The SMILES string of the molecule is COc1ccc(N(C)S(=O)(=O)C[C@](C)(NS(=O)C(C)(C)C)c2cc(Br)ccc2F)cc1. The van der Waals surface area contributed by atoms with Crippen LogP contribution < -0.4 is 13.8 Å². The maximum Gasteiger partial charge on any atom is 0.237 e. The summed E-state index contributed by atoms with van der Waals surface area (Å²) in [6.07, 6.45) is 0. The second-order valence-electron chi connectivity index (χ2n) is 8.36. The third kappa shape index (κ3) is 6.27. The molecular weight excluding hydrogens is 507 g/mol. The van der Waals surface area contributed by atoms with Crippen LogP contribution in [-0.2, 0) is 26.5 Å². The van der Waals surface area contributed by atoms with Crippen LogP contribution in [0.3, 0.4) is 0 Å². The lowest BCUT2D eigenvalue weighted by Gasteiger charge is -2.35. The lowest BCUT2D eigenvalue weighted by atomic mass is 9.95. The molecule has 0 aliphatic heterocycles. The van der Waals surface area contributed by atoms with Gasteiger partial charge in [0.05, 0.1) is 39.8 Å². The van der Waals surface area contributed by atoms with Crippen LogP contribution in [0.4, 0.5) is 10.1 Å². The molecule has 0 saturated carbocycles. The molecule has 0 heterocycles. The van der Waals surface area contributed by atoms with Gasteiger partial charge in [0.25, 0.3) is 0 Å². The Morgan fingerprint density at radius 3 is 2.23 bits per heavy atom. The van der Waals surface area contributed by atoms with E-state index in [-0.39, 0.29) is 5.56 Å². The van der Waals surface area contributed by atoms with Gasteiger partial charge in [-0.2, -0.15) is 0 Å². The molecule has 2 atom stereocenters. The van der Waals surface area contributed by atoms with Crippen LogP contribution in [0.2, 0.25) is 0 Å². The van der Waals surface area contributed by atoms with E-state index in [1.807, 2.05) is 0 Å². The van der Waals surface area contributed by atoms with Crippen molar-refractivity contribution in [2.45, 2.75) is 38.0 Å². The Kier molecular flexibility index (Phi) is 7.95. The van der Waals surface area contributed by atoms with Gasteiger partial charge < -0.3 is 4.74 Å². The van der Waals surface area contributed by atoms with E-state index >= 15 is 0 Å². The molecule has 6 nitrogen and oxygen atoms in total. The lowest BCUT2D eigenvalue weighted by molar-refractivity contribution is 0.415. The first-order chi connectivity index (χ1) is 14.2. The van der Waals surface area contributed by atoms with Gasteiger partial charge in [0.1, 0.15) is 11.6 Å². The summed E-state index contributed by atoms with van der Waals surface area (Å²) < 4.78 is 63.4. The molecule has 10 heteroatoms. The van der Waals surface area contributed by atoms with Gasteiger partial charge in [-0.15, -0.1) is 0 Å². The number of hydrogen-bond donors (Lipinski definition) is 1. The zero-order valence-electron chi connectivity index (χ0n) is 18.4. The second kappa shape index (κ2) is 9.56. The minimum atomic E-state index is -3.95. The number of sulfonamides is 1. The molecule has 0 aliphatic rings. The number of nitrogens with zero attached hydrogens (tertiary/aromatic N) is 1. The number of nitrogens with one attached hydrogen (secondary N) is 1. The highest BCUT2D eigenvalue weighted by molar-refractivity contribution is 9.10. The van der Waals surface area contributed by atoms with Crippen molar-refractivity contribution in [2.75, 3.05) is 24.2 Å². The number of anilines is 1. The molecular formula is C21H28BrFN2O4S2. The molecule has 31 heavy (non-hydrogen) atoms. The highest BCUT2D eigenvalue weighted by Gasteiger charge is 2.40. The third-order valence-corrected chi connectivity index (χ3v) is 8.95. The van der Waals surface area contributed by atoms with E-state index in [1.165, 1.54) is 32.4 Å². The van der Waals surface area contributed by atoms with Gasteiger partial charge in [-0.25, -0.2) is 21.7 Å². The van der Waals surface area contributed by atoms with Crippen LogP contribution in [-0.4, -0.2) is 37.3 Å². The summed E-state index contributed by atoms with van der Waals surface area (Å²) >= 11 is 3.31. The van der Waals surface area contributed by atoms with E-state index in [1.54, 1.807) is 52.0 Å². The minimum Gasteiger partial charge on any atom is -0.497 e. The molecule has 0 amide bonds. The van der Waals surface area contributed by atoms with Gasteiger partial charge in [0, 0.05) is 17.1 Å². The number of hydrogen-bond acceptors (Lipinski definition) is 4. The van der Waals surface area contributed by atoms with Crippen molar-refractivity contribution in [1.29, 1.82) is 0 Å². The minimum absolute atomic E-state index is 0.103. The maximum atomic E-state index is 14.8. The van der Waals surface area contributed by atoms with Crippen LogP contribution in [0, 0.1) is 5.82 Å². The quantitative estimate of drug-likeness (QED) is 0.546. The van der Waals surface area contributed by atoms with Gasteiger partial charge in [-0.1, -0.05) is 15.9 Å². The Morgan fingerprint density at radius 1 is 1.13 bits per heavy atom. The monoisotopic (exact) mass is 534 g/mol. The predicted molar refractivity (Wildman–Crippen MR) is 128 cm³/mol. The van der Waals surface area contributed by atoms with Crippen molar-refractivity contribution in [1.82, 2.24) is 4.72 Å². The fourth-order valence-electron chi connectivity index (χ4n) is 2.85. The summed E-state index contributed by atoms with van der Waals surface area (Å²) in [5.41, 5.74) is -0.938. The topological polar surface area (TPSA) is 75.7 Å². The Morgan fingerprint density at radius 2 is 1.71 bits per heavy atom. The van der Waals surface area contributed by atoms with E-state index in [9.17, 15) is 17.0 Å². The first-order valence-corrected chi connectivity index (χ1v) is 13.0. The summed E-state index contributed by atoms with van der Waals surface area (Å²) in [7, 11) is -2.65. The standard InChI is InChI=1S/C21H28BrFN2O4S2/c1-20(2,3)30(26)24-21(4,18-13-15(22)7-12-19(18)23)14-31(27,28)25(5)16-8-10-17(29-6)11-9-16/h7-13,24H,14H2,1-6H3/t21-,30?/m0/s1. The Hall–Kier alpha value is -1.49. The summed E-state index contributed by atoms with van der Waals surface area (Å²) in [6, 6.07) is 10.8. The number of benzene rings is 2. The Bertz CT molecular complexity index is 1060. The maximum absolute atomic E-state index is 14.8. The molecule has 1 unspecified atom stereocenters. The molecule has 1 N–H and O–H groups in total. The van der Waals surface area contributed by atoms with Crippen LogP contribution >= 0.6 is 15.9 Å². The molecule has 0 bridgehead atoms. The molecule has 0 saturated heterocycles. The van der Waals surface area contributed by atoms with Gasteiger partial charge in [0.2, 0.25) is 10.0 Å². The molecule has 2 rings (SSSR count). The number of methoxy groups -OCH3 is 1. The van der Waals surface area contributed by atoms with Crippen molar-refractivity contribution >= 4 is 42.6 Å². The van der Waals surface area contributed by atoms with E-state index in [0.29, 0.717) is 15.9 Å². The molecule has 0 spiro atoms. The molecule has 2 aromatic rings. The van der Waals surface area contributed by atoms with E-state index in [0.717, 1.165) is 4.31 Å². The Balaban J connectivity index is 2.50. The average Bonchev–Trinajstić information content (AvgIpc) is 2.68. The van der Waals surface area contributed by atoms with Crippen molar-refractivity contribution in [3.63, 3.8) is 0 Å². The van der Waals surface area contributed by atoms with Crippen molar-refractivity contribution < 1.29 is 21.8 Å². The fourth-order valence-corrected chi connectivity index (χ4v) is 5.80. The highest BCUT2D eigenvalue weighted by atomic mass is 79.9. The first kappa shape index (κ1) is 25.8. The average molecular weight is 536 g/mol. The van der Waals surface area contributed by atoms with E-state index in [2.05, 4.69) is 20.7 Å². The largest absolute Gasteiger partial charge is 0.497 e. The van der Waals surface area contributed by atoms with Gasteiger partial charge in [0.15, 0.2) is 0 Å². The van der Waals surface area contributed by atoms with Crippen LogP contribution in [0.15, 0.2) is 46.9 Å². The summed E-state index contributed by atoms with van der Waals surface area (Å²) in [5.74, 6) is -0.512. The Labute approximate surface area is 194 Å². The summed E-state index contributed by atoms with van der Waals surface area (Å²) in [6.45, 7) is 6.81. The first-order valence-electron chi connectivity index (χ1n) is 9.45. The summed E-state index contributed by atoms with van der Waals surface area (Å²) in [4.78, 5) is 0. The number of rotatable bonds is 8. The molecule has 0 radical (unpaired) electrons. The van der Waals surface area contributed by atoms with E-state index in [4.69, 9.17) is 4.74 Å². The van der Waals surface area contributed by atoms with Crippen molar-refractivity contribution in [3.8, 4) is 5.75 Å². The van der Waals surface area contributed by atoms with Crippen molar-refractivity contribution in [3.05, 3.63) is 58.3 Å². The van der Waals surface area contributed by atoms with Crippen molar-refractivity contribution in [2.24, 2.45) is 0 Å². The van der Waals surface area contributed by atoms with Gasteiger partial charge >= 0.3 is 0 Å². The fraction of sp³-hybridized carbons (Fsp3) is 0.429. The molecule has 0 aromatic heterocycles.